The van der Waals surface area contributed by atoms with Gasteiger partial charge in [0.2, 0.25) is 0 Å². The van der Waals surface area contributed by atoms with Gasteiger partial charge in [0, 0.05) is 10.9 Å². The summed E-state index contributed by atoms with van der Waals surface area (Å²) in [4.78, 5) is 5.07. The second kappa shape index (κ2) is 9.90. The van der Waals surface area contributed by atoms with E-state index in [2.05, 4.69) is 164 Å². The fourth-order valence-electron chi connectivity index (χ4n) is 6.88. The lowest BCUT2D eigenvalue weighted by Crippen LogP contribution is -1.93. The van der Waals surface area contributed by atoms with Crippen LogP contribution in [-0.2, 0) is 0 Å². The van der Waals surface area contributed by atoms with Gasteiger partial charge in [-0.25, -0.2) is 4.98 Å². The van der Waals surface area contributed by atoms with Crippen LogP contribution in [0.2, 0.25) is 0 Å². The van der Waals surface area contributed by atoms with Crippen molar-refractivity contribution in [3.63, 3.8) is 0 Å². The Kier molecular flexibility index (Phi) is 5.57. The number of nitrogens with zero attached hydrogens (tertiary/aromatic N) is 1. The molecule has 1 heterocycles. The molecular formula is C43H27N. The first-order chi connectivity index (χ1) is 21.8. The van der Waals surface area contributed by atoms with E-state index in [-0.39, 0.29) is 0 Å². The van der Waals surface area contributed by atoms with Gasteiger partial charge in [-0.15, -0.1) is 0 Å². The fraction of sp³-hybridized carbons (Fsp3) is 0. The number of pyridine rings is 1. The molecule has 0 unspecified atom stereocenters. The van der Waals surface area contributed by atoms with Crippen LogP contribution in [-0.4, -0.2) is 4.98 Å². The molecule has 0 saturated carbocycles. The van der Waals surface area contributed by atoms with E-state index in [1.807, 2.05) is 0 Å². The Hall–Kier alpha value is -5.79. The van der Waals surface area contributed by atoms with Gasteiger partial charge in [-0.1, -0.05) is 133 Å². The number of rotatable bonds is 3. The molecule has 0 fully saturated rings. The van der Waals surface area contributed by atoms with Gasteiger partial charge in [0.1, 0.15) is 0 Å². The summed E-state index contributed by atoms with van der Waals surface area (Å²) in [6.07, 6.45) is 0. The molecule has 204 valence electrons. The number of benzene rings is 8. The van der Waals surface area contributed by atoms with Crippen molar-refractivity contribution in [3.05, 3.63) is 164 Å². The van der Waals surface area contributed by atoms with Crippen molar-refractivity contribution in [2.24, 2.45) is 0 Å². The molecule has 0 aliphatic carbocycles. The zero-order chi connectivity index (χ0) is 29.0. The molecule has 0 aliphatic heterocycles. The third-order valence-corrected chi connectivity index (χ3v) is 8.99. The molecule has 44 heavy (non-hydrogen) atoms. The first-order valence-electron chi connectivity index (χ1n) is 15.1. The zero-order valence-corrected chi connectivity index (χ0v) is 24.0. The third kappa shape index (κ3) is 3.98. The Labute approximate surface area is 255 Å². The molecule has 0 aliphatic rings. The van der Waals surface area contributed by atoms with Gasteiger partial charge in [0.15, 0.2) is 0 Å². The largest absolute Gasteiger partial charge is 0.248 e. The molecule has 0 spiro atoms. The quantitative estimate of drug-likeness (QED) is 0.197. The number of hydrogen-bond donors (Lipinski definition) is 0. The first kappa shape index (κ1) is 24.8. The van der Waals surface area contributed by atoms with Gasteiger partial charge >= 0.3 is 0 Å². The van der Waals surface area contributed by atoms with Crippen molar-refractivity contribution < 1.29 is 0 Å². The topological polar surface area (TPSA) is 12.9 Å². The monoisotopic (exact) mass is 557 g/mol. The van der Waals surface area contributed by atoms with Crippen LogP contribution in [0.15, 0.2) is 164 Å². The van der Waals surface area contributed by atoms with E-state index in [0.29, 0.717) is 0 Å². The normalized spacial score (nSPS) is 11.6. The van der Waals surface area contributed by atoms with Gasteiger partial charge in [0.25, 0.3) is 0 Å². The summed E-state index contributed by atoms with van der Waals surface area (Å²) in [5, 5.41) is 11.1. The van der Waals surface area contributed by atoms with Gasteiger partial charge in [-0.2, -0.15) is 0 Å². The molecule has 8 aromatic carbocycles. The lowest BCUT2D eigenvalue weighted by molar-refractivity contribution is 1.40. The molecule has 0 N–H and O–H groups in total. The molecule has 0 saturated heterocycles. The average molecular weight is 558 g/mol. The molecule has 9 aromatic rings. The van der Waals surface area contributed by atoms with Crippen LogP contribution in [0.4, 0.5) is 0 Å². The Morgan fingerprint density at radius 1 is 0.295 bits per heavy atom. The van der Waals surface area contributed by atoms with Crippen LogP contribution in [0.25, 0.3) is 87.5 Å². The maximum Gasteiger partial charge on any atom is 0.0709 e. The smallest absolute Gasteiger partial charge is 0.0709 e. The van der Waals surface area contributed by atoms with Crippen LogP contribution < -0.4 is 0 Å². The predicted molar refractivity (Wildman–Crippen MR) is 188 cm³/mol. The molecule has 1 aromatic heterocycles. The maximum atomic E-state index is 5.07. The predicted octanol–water partition coefficient (Wildman–Crippen LogP) is 11.8. The van der Waals surface area contributed by atoms with Gasteiger partial charge in [0.05, 0.1) is 11.2 Å². The first-order valence-corrected chi connectivity index (χ1v) is 15.1. The SMILES string of the molecule is c1ccc2cc(-c3c4ccccc4c(-c4ccc5ccccc5c4)c4cc(-c5ccc6ccccc6n5)ccc34)ccc2c1. The van der Waals surface area contributed by atoms with Crippen LogP contribution >= 0.6 is 0 Å². The zero-order valence-electron chi connectivity index (χ0n) is 24.0. The van der Waals surface area contributed by atoms with Crippen molar-refractivity contribution in [2.45, 2.75) is 0 Å². The highest BCUT2D eigenvalue weighted by Crippen LogP contribution is 2.45. The minimum atomic E-state index is 0.982. The highest BCUT2D eigenvalue weighted by Gasteiger charge is 2.18. The third-order valence-electron chi connectivity index (χ3n) is 8.99. The summed E-state index contributed by atoms with van der Waals surface area (Å²) in [5.41, 5.74) is 8.08. The average Bonchev–Trinajstić information content (AvgIpc) is 3.09. The van der Waals surface area contributed by atoms with Crippen LogP contribution in [0.3, 0.4) is 0 Å². The van der Waals surface area contributed by atoms with E-state index in [0.717, 1.165) is 22.2 Å². The number of para-hydroxylation sites is 1. The lowest BCUT2D eigenvalue weighted by atomic mass is 9.84. The molecule has 0 radical (unpaired) electrons. The van der Waals surface area contributed by atoms with E-state index in [1.54, 1.807) is 0 Å². The van der Waals surface area contributed by atoms with Crippen molar-refractivity contribution in [1.82, 2.24) is 4.98 Å². The molecule has 9 rings (SSSR count). The second-order valence-corrected chi connectivity index (χ2v) is 11.6. The summed E-state index contributed by atoms with van der Waals surface area (Å²) in [6, 6.07) is 59.4. The molecule has 1 heteroatoms. The van der Waals surface area contributed by atoms with Crippen LogP contribution in [0, 0.1) is 0 Å². The van der Waals surface area contributed by atoms with Crippen molar-refractivity contribution >= 4 is 54.0 Å². The van der Waals surface area contributed by atoms with Crippen LogP contribution in [0.1, 0.15) is 0 Å². The van der Waals surface area contributed by atoms with E-state index in [4.69, 9.17) is 4.98 Å². The maximum absolute atomic E-state index is 5.07. The van der Waals surface area contributed by atoms with Crippen molar-refractivity contribution in [1.29, 1.82) is 0 Å². The minimum Gasteiger partial charge on any atom is -0.248 e. The fourth-order valence-corrected chi connectivity index (χ4v) is 6.88. The highest BCUT2D eigenvalue weighted by atomic mass is 14.7. The van der Waals surface area contributed by atoms with E-state index >= 15 is 0 Å². The Balaban J connectivity index is 1.39. The molecule has 1 nitrogen and oxygen atoms in total. The summed E-state index contributed by atoms with van der Waals surface area (Å²) >= 11 is 0. The minimum absolute atomic E-state index is 0.982. The standard InChI is InChI=1S/C43H27N/c1-3-12-31-25-34(19-17-28(31)9-1)42-36-14-6-7-15-37(36)43(35-20-18-29-10-2-4-13-32(29)26-35)39-27-33(21-23-38(39)42)41-24-22-30-11-5-8-16-40(30)44-41/h1-27H. The summed E-state index contributed by atoms with van der Waals surface area (Å²) in [5.74, 6) is 0. The van der Waals surface area contributed by atoms with E-state index in [9.17, 15) is 0 Å². The van der Waals surface area contributed by atoms with E-state index < -0.39 is 0 Å². The second-order valence-electron chi connectivity index (χ2n) is 11.6. The summed E-state index contributed by atoms with van der Waals surface area (Å²) in [6.45, 7) is 0. The summed E-state index contributed by atoms with van der Waals surface area (Å²) < 4.78 is 0. The van der Waals surface area contributed by atoms with Crippen molar-refractivity contribution in [3.8, 4) is 33.5 Å². The lowest BCUT2D eigenvalue weighted by Gasteiger charge is -2.19. The molecule has 0 amide bonds. The van der Waals surface area contributed by atoms with Crippen LogP contribution in [0.5, 0.6) is 0 Å². The number of fused-ring (bicyclic) bond motifs is 5. The Morgan fingerprint density at radius 2 is 0.773 bits per heavy atom. The number of aromatic nitrogens is 1. The van der Waals surface area contributed by atoms with Crippen molar-refractivity contribution in [2.75, 3.05) is 0 Å². The molecular weight excluding hydrogens is 530 g/mol. The van der Waals surface area contributed by atoms with Gasteiger partial charge in [-0.05, 0) is 95.7 Å². The Morgan fingerprint density at radius 3 is 1.43 bits per heavy atom. The number of hydrogen-bond acceptors (Lipinski definition) is 1. The molecule has 0 bridgehead atoms. The van der Waals surface area contributed by atoms with Gasteiger partial charge in [-0.3, -0.25) is 0 Å². The highest BCUT2D eigenvalue weighted by molar-refractivity contribution is 6.22. The van der Waals surface area contributed by atoms with E-state index in [1.165, 1.54) is 65.3 Å². The molecule has 0 atom stereocenters. The summed E-state index contributed by atoms with van der Waals surface area (Å²) in [7, 11) is 0. The Bertz CT molecular complexity index is 2560. The van der Waals surface area contributed by atoms with Gasteiger partial charge < -0.3 is 0 Å².